The minimum atomic E-state index is -1.50. The van der Waals surface area contributed by atoms with Crippen molar-refractivity contribution in [1.29, 1.82) is 0 Å². The molecule has 0 aromatic heterocycles. The average molecular weight is 859 g/mol. The number of alkyl halides is 2. The van der Waals surface area contributed by atoms with Gasteiger partial charge in [-0.05, 0) is 106 Å². The van der Waals surface area contributed by atoms with Crippen LogP contribution in [0.3, 0.4) is 0 Å². The standard InChI is InChI=1S/C33H29BrCl5F2N3O6/c1-31(2,3)49-29(47)44(30(48)50-32(4,5)6)26-20(40)9-10-21(25(26)41)43-27(45)16-13-15(7-8-18(16)35)42-28(46)23-22(33(23,38)39)14-11-17(34)24(37)19(36)12-14/h7-13,22-23H,1-6H3,(H,42,46)(H,43,45). The second-order valence-corrected chi connectivity index (χ2v) is 16.6. The minimum absolute atomic E-state index is 0.0650. The number of ether oxygens (including phenoxy) is 2. The van der Waals surface area contributed by atoms with Gasteiger partial charge < -0.3 is 20.1 Å². The van der Waals surface area contributed by atoms with Crippen molar-refractivity contribution in [3.05, 3.63) is 84.8 Å². The first-order valence-corrected chi connectivity index (χ1v) is 17.3. The Morgan fingerprint density at radius 1 is 0.840 bits per heavy atom. The summed E-state index contributed by atoms with van der Waals surface area (Å²) in [5.74, 6) is -5.98. The summed E-state index contributed by atoms with van der Waals surface area (Å²) < 4.78 is 40.6. The van der Waals surface area contributed by atoms with Crippen LogP contribution < -0.4 is 15.5 Å². The van der Waals surface area contributed by atoms with Crippen LogP contribution in [0.25, 0.3) is 0 Å². The number of imide groups is 1. The SMILES string of the molecule is CC(C)(C)OC(=O)N(C(=O)OC(C)(C)C)c1c(F)ccc(NC(=O)c2cc(NC(=O)C3C(c4cc(Cl)c(Cl)c(Br)c4)C3(Cl)Cl)ccc2Cl)c1F. The molecule has 268 valence electrons. The lowest BCUT2D eigenvalue weighted by Crippen LogP contribution is -2.44. The Labute approximate surface area is 319 Å². The molecule has 1 fully saturated rings. The van der Waals surface area contributed by atoms with Gasteiger partial charge in [-0.1, -0.05) is 34.8 Å². The highest BCUT2D eigenvalue weighted by atomic mass is 79.9. The van der Waals surface area contributed by atoms with Crippen LogP contribution in [0, 0.1) is 17.6 Å². The number of benzene rings is 3. The van der Waals surface area contributed by atoms with Crippen molar-refractivity contribution in [3.63, 3.8) is 0 Å². The Morgan fingerprint density at radius 3 is 1.96 bits per heavy atom. The summed E-state index contributed by atoms with van der Waals surface area (Å²) in [6, 6.07) is 8.74. The molecule has 2 unspecified atom stereocenters. The molecular formula is C33H29BrCl5F2N3O6. The molecule has 0 spiro atoms. The average Bonchev–Trinajstić information content (AvgIpc) is 3.55. The van der Waals surface area contributed by atoms with Gasteiger partial charge in [0.2, 0.25) is 5.91 Å². The molecule has 0 bridgehead atoms. The van der Waals surface area contributed by atoms with E-state index in [1.165, 1.54) is 59.7 Å². The maximum atomic E-state index is 16.0. The van der Waals surface area contributed by atoms with E-state index in [1.54, 1.807) is 12.1 Å². The number of nitrogens with zero attached hydrogens (tertiary/aromatic N) is 1. The van der Waals surface area contributed by atoms with Crippen LogP contribution in [0.1, 0.15) is 63.4 Å². The van der Waals surface area contributed by atoms with Crippen LogP contribution in [-0.4, -0.2) is 39.5 Å². The molecular weight excluding hydrogens is 830 g/mol. The van der Waals surface area contributed by atoms with Gasteiger partial charge in [-0.25, -0.2) is 18.4 Å². The molecule has 3 aromatic carbocycles. The van der Waals surface area contributed by atoms with Crippen LogP contribution in [0.4, 0.5) is 35.4 Å². The summed E-state index contributed by atoms with van der Waals surface area (Å²) in [7, 11) is 0. The molecule has 17 heteroatoms. The molecule has 1 aliphatic rings. The van der Waals surface area contributed by atoms with Gasteiger partial charge in [-0.15, -0.1) is 23.2 Å². The summed E-state index contributed by atoms with van der Waals surface area (Å²) in [5.41, 5.74) is -3.67. The summed E-state index contributed by atoms with van der Waals surface area (Å²) in [6.45, 7) is 8.92. The number of hydrogen-bond donors (Lipinski definition) is 2. The Balaban J connectivity index is 1.60. The third-order valence-corrected chi connectivity index (χ3v) is 9.80. The van der Waals surface area contributed by atoms with Crippen LogP contribution in [-0.2, 0) is 14.3 Å². The lowest BCUT2D eigenvalue weighted by Gasteiger charge is -2.29. The molecule has 2 atom stereocenters. The van der Waals surface area contributed by atoms with Crippen LogP contribution in [0.5, 0.6) is 0 Å². The molecule has 9 nitrogen and oxygen atoms in total. The van der Waals surface area contributed by atoms with Crippen molar-refractivity contribution >= 4 is 115 Å². The van der Waals surface area contributed by atoms with E-state index in [2.05, 4.69) is 26.6 Å². The highest BCUT2D eigenvalue weighted by molar-refractivity contribution is 9.10. The molecule has 0 heterocycles. The highest BCUT2D eigenvalue weighted by Crippen LogP contribution is 2.65. The van der Waals surface area contributed by atoms with Crippen LogP contribution in [0.2, 0.25) is 15.1 Å². The third kappa shape index (κ3) is 8.94. The van der Waals surface area contributed by atoms with Crippen molar-refractivity contribution in [2.75, 3.05) is 15.5 Å². The van der Waals surface area contributed by atoms with Gasteiger partial charge >= 0.3 is 12.2 Å². The Hall–Kier alpha value is -2.87. The number of anilines is 3. The Bertz CT molecular complexity index is 1850. The maximum Gasteiger partial charge on any atom is 0.424 e. The van der Waals surface area contributed by atoms with E-state index in [4.69, 9.17) is 67.5 Å². The Kier molecular flexibility index (Phi) is 11.7. The predicted molar refractivity (Wildman–Crippen MR) is 194 cm³/mol. The van der Waals surface area contributed by atoms with Crippen molar-refractivity contribution in [1.82, 2.24) is 0 Å². The molecule has 2 N–H and O–H groups in total. The quantitative estimate of drug-likeness (QED) is 0.188. The van der Waals surface area contributed by atoms with Gasteiger partial charge in [0.25, 0.3) is 5.91 Å². The summed E-state index contributed by atoms with van der Waals surface area (Å²) in [4.78, 5) is 52.8. The van der Waals surface area contributed by atoms with Gasteiger partial charge in [0.15, 0.2) is 11.6 Å². The first-order valence-electron chi connectivity index (χ1n) is 14.6. The molecule has 50 heavy (non-hydrogen) atoms. The molecule has 1 saturated carbocycles. The number of carbonyl (C=O) groups is 4. The fourth-order valence-corrected chi connectivity index (χ4v) is 6.68. The van der Waals surface area contributed by atoms with E-state index < -0.39 is 74.4 Å². The monoisotopic (exact) mass is 855 g/mol. The van der Waals surface area contributed by atoms with Crippen LogP contribution >= 0.6 is 73.9 Å². The molecule has 1 aliphatic carbocycles. The zero-order chi connectivity index (χ0) is 37.7. The minimum Gasteiger partial charge on any atom is -0.443 e. The first kappa shape index (κ1) is 39.9. The van der Waals surface area contributed by atoms with Gasteiger partial charge in [-0.2, -0.15) is 4.90 Å². The van der Waals surface area contributed by atoms with E-state index in [0.717, 1.165) is 12.1 Å². The van der Waals surface area contributed by atoms with E-state index in [-0.39, 0.29) is 31.2 Å². The van der Waals surface area contributed by atoms with Crippen LogP contribution in [0.15, 0.2) is 46.9 Å². The first-order chi connectivity index (χ1) is 22.9. The number of halogens is 8. The number of nitrogens with one attached hydrogen (secondary N) is 2. The summed E-state index contributed by atoms with van der Waals surface area (Å²) in [6.07, 6.45) is -2.86. The van der Waals surface area contributed by atoms with Gasteiger partial charge in [0.1, 0.15) is 21.2 Å². The largest absolute Gasteiger partial charge is 0.443 e. The molecule has 0 aliphatic heterocycles. The molecule has 3 aromatic rings. The molecule has 4 amide bonds. The zero-order valence-corrected chi connectivity index (χ0v) is 32.5. The predicted octanol–water partition coefficient (Wildman–Crippen LogP) is 11.1. The van der Waals surface area contributed by atoms with E-state index in [9.17, 15) is 19.2 Å². The van der Waals surface area contributed by atoms with E-state index >= 15 is 8.78 Å². The smallest absolute Gasteiger partial charge is 0.424 e. The third-order valence-electron chi connectivity index (χ3n) is 6.87. The van der Waals surface area contributed by atoms with E-state index in [0.29, 0.717) is 10.0 Å². The second kappa shape index (κ2) is 14.6. The number of carbonyl (C=O) groups excluding carboxylic acids is 4. The summed E-state index contributed by atoms with van der Waals surface area (Å²) in [5, 5.41) is 5.31. The lowest BCUT2D eigenvalue weighted by molar-refractivity contribution is -0.117. The molecule has 4 rings (SSSR count). The van der Waals surface area contributed by atoms with Crippen molar-refractivity contribution < 1.29 is 37.4 Å². The Morgan fingerprint density at radius 2 is 1.42 bits per heavy atom. The highest BCUT2D eigenvalue weighted by Gasteiger charge is 2.67. The fourth-order valence-electron chi connectivity index (χ4n) is 4.72. The van der Waals surface area contributed by atoms with Crippen molar-refractivity contribution in [2.45, 2.75) is 63.0 Å². The summed E-state index contributed by atoms with van der Waals surface area (Å²) >= 11 is 34.9. The van der Waals surface area contributed by atoms with Gasteiger partial charge in [0, 0.05) is 16.1 Å². The molecule has 0 radical (unpaired) electrons. The van der Waals surface area contributed by atoms with Crippen molar-refractivity contribution in [2.24, 2.45) is 5.92 Å². The van der Waals surface area contributed by atoms with Gasteiger partial charge in [0.05, 0.1) is 32.2 Å². The zero-order valence-electron chi connectivity index (χ0n) is 27.1. The van der Waals surface area contributed by atoms with E-state index in [1.807, 2.05) is 0 Å². The topological polar surface area (TPSA) is 114 Å². The number of hydrogen-bond acceptors (Lipinski definition) is 6. The molecule has 0 saturated heterocycles. The van der Waals surface area contributed by atoms with Crippen molar-refractivity contribution in [3.8, 4) is 0 Å². The maximum absolute atomic E-state index is 16.0. The fraction of sp³-hybridized carbons (Fsp3) is 0.333. The number of rotatable bonds is 6. The lowest BCUT2D eigenvalue weighted by atomic mass is 10.1. The second-order valence-electron chi connectivity index (χ2n) is 13.1. The van der Waals surface area contributed by atoms with Gasteiger partial charge in [-0.3, -0.25) is 9.59 Å². The normalized spacial score (nSPS) is 16.7. The number of amides is 4.